The van der Waals surface area contributed by atoms with Gasteiger partial charge in [-0.3, -0.25) is 14.4 Å². The van der Waals surface area contributed by atoms with Crippen LogP contribution in [0.2, 0.25) is 0 Å². The number of halogens is 2. The highest BCUT2D eigenvalue weighted by Crippen LogP contribution is 2.40. The monoisotopic (exact) mass is 665 g/mol. The normalized spacial score (nSPS) is 16.1. The number of nitrogens with zero attached hydrogens (tertiary/aromatic N) is 2. The minimum absolute atomic E-state index is 0. The summed E-state index contributed by atoms with van der Waals surface area (Å²) in [5.74, 6) is -1.82. The SMILES string of the molecule is CNC(C)(C(N)=O)[C@@H]1CN(C(=O)c2ccc(N)cc2)c2ccccc2N(Cc2c(OC)ccc3cc(Br)ccc23)C1=O.Cl. The number of hydrogen-bond donors (Lipinski definition) is 3. The molecule has 1 unspecified atom stereocenters. The van der Waals surface area contributed by atoms with Crippen molar-refractivity contribution >= 4 is 73.9 Å². The maximum Gasteiger partial charge on any atom is 0.258 e. The van der Waals surface area contributed by atoms with Crippen LogP contribution in [0.15, 0.2) is 83.3 Å². The van der Waals surface area contributed by atoms with Crippen LogP contribution in [0.5, 0.6) is 5.75 Å². The Kier molecular flexibility index (Phi) is 9.34. The van der Waals surface area contributed by atoms with Gasteiger partial charge in [0.05, 0.1) is 30.9 Å². The molecule has 1 heterocycles. The van der Waals surface area contributed by atoms with Crippen molar-refractivity contribution in [1.82, 2.24) is 5.32 Å². The van der Waals surface area contributed by atoms with Gasteiger partial charge in [-0.25, -0.2) is 0 Å². The van der Waals surface area contributed by atoms with Crippen LogP contribution < -0.4 is 31.3 Å². The number of methoxy groups -OCH3 is 1. The molecule has 3 amide bonds. The molecule has 0 radical (unpaired) electrons. The summed E-state index contributed by atoms with van der Waals surface area (Å²) in [7, 11) is 3.17. The predicted octanol–water partition coefficient (Wildman–Crippen LogP) is 4.89. The molecule has 43 heavy (non-hydrogen) atoms. The Morgan fingerprint density at radius 2 is 1.72 bits per heavy atom. The molecule has 0 aliphatic carbocycles. The van der Waals surface area contributed by atoms with E-state index in [1.807, 2.05) is 42.5 Å². The molecule has 11 heteroatoms. The molecule has 0 aromatic heterocycles. The number of carbonyl (C=O) groups excluding carboxylic acids is 3. The quantitative estimate of drug-likeness (QED) is 0.241. The minimum Gasteiger partial charge on any atom is -0.496 e. The fraction of sp³-hybridized carbons (Fsp3) is 0.219. The number of amides is 3. The standard InChI is InChI=1S/C32H32BrN5O4.ClH/c1-32(36-2,31(35)41)25-18-38(29(39)19-8-12-22(34)13-9-19)27-7-5-4-6-26(27)37(30(25)40)17-24-23-14-11-21(33)16-20(23)10-15-28(24)42-3;/h4-16,25,36H,17-18,34H2,1-3H3,(H2,35,41);1H/t25-,32?;/m1./s1. The number of nitrogens with two attached hydrogens (primary N) is 2. The van der Waals surface area contributed by atoms with Crippen LogP contribution >= 0.6 is 28.3 Å². The Labute approximate surface area is 264 Å². The molecule has 0 saturated heterocycles. The van der Waals surface area contributed by atoms with E-state index in [4.69, 9.17) is 16.2 Å². The highest BCUT2D eigenvalue weighted by atomic mass is 79.9. The number of para-hydroxylation sites is 2. The lowest BCUT2D eigenvalue weighted by Crippen LogP contribution is -2.63. The molecule has 0 saturated carbocycles. The lowest BCUT2D eigenvalue weighted by atomic mass is 9.83. The lowest BCUT2D eigenvalue weighted by molar-refractivity contribution is -0.133. The number of anilines is 3. The van der Waals surface area contributed by atoms with Crippen LogP contribution in [0, 0.1) is 5.92 Å². The van der Waals surface area contributed by atoms with Crippen LogP contribution in [-0.2, 0) is 16.1 Å². The Morgan fingerprint density at radius 1 is 1.05 bits per heavy atom. The van der Waals surface area contributed by atoms with E-state index < -0.39 is 17.4 Å². The first-order valence-corrected chi connectivity index (χ1v) is 14.2. The van der Waals surface area contributed by atoms with Crippen LogP contribution in [0.1, 0.15) is 22.8 Å². The number of hydrogen-bond acceptors (Lipinski definition) is 6. The van der Waals surface area contributed by atoms with E-state index in [0.717, 1.165) is 20.8 Å². The summed E-state index contributed by atoms with van der Waals surface area (Å²) in [5, 5.41) is 4.85. The Balaban J connectivity index is 0.00000423. The topological polar surface area (TPSA) is 131 Å². The molecule has 0 spiro atoms. The number of nitrogen functional groups attached to an aromatic ring is 1. The van der Waals surface area contributed by atoms with E-state index in [2.05, 4.69) is 21.2 Å². The van der Waals surface area contributed by atoms with Gasteiger partial charge in [0, 0.05) is 27.8 Å². The van der Waals surface area contributed by atoms with E-state index in [9.17, 15) is 14.4 Å². The highest BCUT2D eigenvalue weighted by Gasteiger charge is 2.48. The molecule has 2 atom stereocenters. The number of primary amides is 1. The van der Waals surface area contributed by atoms with E-state index in [0.29, 0.717) is 28.4 Å². The maximum absolute atomic E-state index is 14.6. The average Bonchev–Trinajstić information content (AvgIpc) is 3.11. The summed E-state index contributed by atoms with van der Waals surface area (Å²) in [6.45, 7) is 1.63. The molecule has 1 aliphatic heterocycles. The van der Waals surface area contributed by atoms with Crippen molar-refractivity contribution in [1.29, 1.82) is 0 Å². The lowest BCUT2D eigenvalue weighted by Gasteiger charge is -2.36. The Hall–Kier alpha value is -4.12. The van der Waals surface area contributed by atoms with Gasteiger partial charge in [-0.2, -0.15) is 0 Å². The van der Waals surface area contributed by atoms with Crippen LogP contribution in [0.25, 0.3) is 10.8 Å². The molecule has 0 bridgehead atoms. The van der Waals surface area contributed by atoms with Crippen molar-refractivity contribution in [3.63, 3.8) is 0 Å². The minimum atomic E-state index is -1.47. The van der Waals surface area contributed by atoms with E-state index >= 15 is 0 Å². The Bertz CT molecular complexity index is 1700. The van der Waals surface area contributed by atoms with Gasteiger partial charge in [-0.1, -0.05) is 40.2 Å². The van der Waals surface area contributed by atoms with Gasteiger partial charge in [-0.05, 0) is 79.3 Å². The van der Waals surface area contributed by atoms with E-state index in [1.54, 1.807) is 67.3 Å². The third-order valence-corrected chi connectivity index (χ3v) is 8.60. The summed E-state index contributed by atoms with van der Waals surface area (Å²) in [5.41, 5.74) is 13.1. The van der Waals surface area contributed by atoms with Crippen LogP contribution in [0.4, 0.5) is 17.1 Å². The second kappa shape index (κ2) is 12.6. The zero-order valence-electron chi connectivity index (χ0n) is 24.0. The summed E-state index contributed by atoms with van der Waals surface area (Å²) in [6, 6.07) is 23.5. The summed E-state index contributed by atoms with van der Waals surface area (Å²) < 4.78 is 6.67. The van der Waals surface area contributed by atoms with Crippen molar-refractivity contribution < 1.29 is 19.1 Å². The highest BCUT2D eigenvalue weighted by molar-refractivity contribution is 9.10. The number of rotatable bonds is 7. The van der Waals surface area contributed by atoms with Crippen molar-refractivity contribution in [3.8, 4) is 5.75 Å². The second-order valence-electron chi connectivity index (χ2n) is 10.4. The average molecular weight is 667 g/mol. The smallest absolute Gasteiger partial charge is 0.258 e. The molecule has 9 nitrogen and oxygen atoms in total. The van der Waals surface area contributed by atoms with Gasteiger partial charge in [0.15, 0.2) is 0 Å². The zero-order chi connectivity index (χ0) is 30.2. The van der Waals surface area contributed by atoms with Gasteiger partial charge in [0.1, 0.15) is 11.3 Å². The molecular weight excluding hydrogens is 634 g/mol. The van der Waals surface area contributed by atoms with Gasteiger partial charge >= 0.3 is 0 Å². The van der Waals surface area contributed by atoms with Gasteiger partial charge in [-0.15, -0.1) is 12.4 Å². The molecule has 5 N–H and O–H groups in total. The largest absolute Gasteiger partial charge is 0.496 e. The predicted molar refractivity (Wildman–Crippen MR) is 176 cm³/mol. The first-order chi connectivity index (χ1) is 20.1. The van der Waals surface area contributed by atoms with E-state index in [1.165, 1.54) is 0 Å². The fourth-order valence-electron chi connectivity index (χ4n) is 5.48. The molecule has 4 aromatic carbocycles. The number of likely N-dealkylation sites (N-methyl/N-ethyl adjacent to an activating group) is 1. The van der Waals surface area contributed by atoms with Crippen molar-refractivity contribution in [3.05, 3.63) is 94.5 Å². The number of fused-ring (bicyclic) bond motifs is 2. The molecular formula is C32H33BrClN5O4. The molecule has 1 aliphatic rings. The van der Waals surface area contributed by atoms with E-state index in [-0.39, 0.29) is 37.3 Å². The number of ether oxygens (including phenoxy) is 1. The van der Waals surface area contributed by atoms with Crippen LogP contribution in [-0.4, -0.2) is 44.0 Å². The fourth-order valence-corrected chi connectivity index (χ4v) is 5.86. The van der Waals surface area contributed by atoms with Crippen molar-refractivity contribution in [2.45, 2.75) is 19.0 Å². The number of nitrogens with one attached hydrogen (secondary N) is 1. The summed E-state index contributed by atoms with van der Waals surface area (Å²) in [6.07, 6.45) is 0. The third-order valence-electron chi connectivity index (χ3n) is 8.11. The van der Waals surface area contributed by atoms with Crippen molar-refractivity contribution in [2.75, 3.05) is 36.2 Å². The van der Waals surface area contributed by atoms with Gasteiger partial charge in [0.2, 0.25) is 11.8 Å². The Morgan fingerprint density at radius 3 is 2.35 bits per heavy atom. The maximum atomic E-state index is 14.6. The van der Waals surface area contributed by atoms with Crippen LogP contribution in [0.3, 0.4) is 0 Å². The first kappa shape index (κ1) is 31.8. The molecule has 5 rings (SSSR count). The van der Waals surface area contributed by atoms with Gasteiger partial charge in [0.25, 0.3) is 5.91 Å². The zero-order valence-corrected chi connectivity index (χ0v) is 26.4. The molecule has 0 fully saturated rings. The van der Waals surface area contributed by atoms with Gasteiger partial charge < -0.3 is 31.3 Å². The summed E-state index contributed by atoms with van der Waals surface area (Å²) >= 11 is 3.54. The number of benzene rings is 4. The third kappa shape index (κ3) is 5.78. The first-order valence-electron chi connectivity index (χ1n) is 13.4. The molecule has 224 valence electrons. The number of carbonyl (C=O) groups is 3. The second-order valence-corrected chi connectivity index (χ2v) is 11.3. The summed E-state index contributed by atoms with van der Waals surface area (Å²) in [4.78, 5) is 44.7. The van der Waals surface area contributed by atoms with Crippen molar-refractivity contribution in [2.24, 2.45) is 11.7 Å². The molecule has 4 aromatic rings.